The Bertz CT molecular complexity index is 1010. The maximum absolute atomic E-state index is 12.1. The molecule has 1 aliphatic rings. The first-order chi connectivity index (χ1) is 14.6. The highest BCUT2D eigenvalue weighted by molar-refractivity contribution is 7.15. The number of fused-ring (bicyclic) bond motifs is 1. The highest BCUT2D eigenvalue weighted by Gasteiger charge is 2.22. The van der Waals surface area contributed by atoms with Crippen molar-refractivity contribution in [2.75, 3.05) is 13.2 Å². The summed E-state index contributed by atoms with van der Waals surface area (Å²) in [6, 6.07) is 15.8. The van der Waals surface area contributed by atoms with E-state index in [1.54, 1.807) is 0 Å². The quantitative estimate of drug-likeness (QED) is 0.537. The number of aromatic nitrogens is 1. The molecule has 2 unspecified atom stereocenters. The first kappa shape index (κ1) is 20.3. The van der Waals surface area contributed by atoms with E-state index in [0.717, 1.165) is 35.5 Å². The van der Waals surface area contributed by atoms with Gasteiger partial charge in [-0.1, -0.05) is 41.7 Å². The van der Waals surface area contributed by atoms with Crippen molar-refractivity contribution >= 4 is 17.2 Å². The summed E-state index contributed by atoms with van der Waals surface area (Å²) in [6.07, 6.45) is 2.26. The Morgan fingerprint density at radius 3 is 2.93 bits per heavy atom. The number of aliphatic hydroxyl groups is 2. The minimum Gasteiger partial charge on any atom is -0.485 e. The van der Waals surface area contributed by atoms with Gasteiger partial charge in [-0.2, -0.15) is 0 Å². The SMILES string of the molecule is O=C(NCC(O)CO)c1cnc(Oc2ccc3c(c2)CCC(c2ccccc2)O3)s1. The Balaban J connectivity index is 1.39. The molecule has 1 aromatic heterocycles. The zero-order chi connectivity index (χ0) is 20.9. The molecule has 30 heavy (non-hydrogen) atoms. The summed E-state index contributed by atoms with van der Waals surface area (Å²) in [5.41, 5.74) is 2.25. The van der Waals surface area contributed by atoms with Crippen LogP contribution in [0.2, 0.25) is 0 Å². The minimum absolute atomic E-state index is 0.0295. The second-order valence-electron chi connectivity index (χ2n) is 6.96. The number of thiazole rings is 1. The number of ether oxygens (including phenoxy) is 2. The Kier molecular flexibility index (Phi) is 6.27. The van der Waals surface area contributed by atoms with Crippen LogP contribution >= 0.6 is 11.3 Å². The van der Waals surface area contributed by atoms with E-state index < -0.39 is 12.7 Å². The molecule has 0 fully saturated rings. The van der Waals surface area contributed by atoms with Gasteiger partial charge in [-0.05, 0) is 42.2 Å². The Hall–Kier alpha value is -2.94. The summed E-state index contributed by atoms with van der Waals surface area (Å²) >= 11 is 1.11. The van der Waals surface area contributed by atoms with Gasteiger partial charge in [-0.15, -0.1) is 0 Å². The molecule has 0 saturated carbocycles. The number of amides is 1. The minimum atomic E-state index is -0.989. The van der Waals surface area contributed by atoms with Crippen molar-refractivity contribution < 1.29 is 24.5 Å². The van der Waals surface area contributed by atoms with Gasteiger partial charge < -0.3 is 25.0 Å². The van der Waals surface area contributed by atoms with E-state index in [1.165, 1.54) is 11.8 Å². The number of rotatable bonds is 7. The first-order valence-corrected chi connectivity index (χ1v) is 10.5. The molecule has 0 radical (unpaired) electrons. The van der Waals surface area contributed by atoms with Gasteiger partial charge in [0.05, 0.1) is 18.9 Å². The van der Waals surface area contributed by atoms with Crippen LogP contribution in [0.1, 0.15) is 33.3 Å². The molecule has 4 rings (SSSR count). The van der Waals surface area contributed by atoms with E-state index in [1.807, 2.05) is 36.4 Å². The van der Waals surface area contributed by atoms with Crippen molar-refractivity contribution in [2.24, 2.45) is 0 Å². The maximum Gasteiger partial charge on any atom is 0.279 e. The van der Waals surface area contributed by atoms with E-state index in [9.17, 15) is 9.90 Å². The molecular formula is C22H22N2O5S. The third kappa shape index (κ3) is 4.79. The van der Waals surface area contributed by atoms with Crippen LogP contribution in [0.3, 0.4) is 0 Å². The van der Waals surface area contributed by atoms with Gasteiger partial charge in [0.15, 0.2) is 0 Å². The molecule has 2 atom stereocenters. The predicted molar refractivity (Wildman–Crippen MR) is 112 cm³/mol. The molecule has 3 aromatic rings. The van der Waals surface area contributed by atoms with Gasteiger partial charge in [0.2, 0.25) is 0 Å². The van der Waals surface area contributed by atoms with E-state index in [0.29, 0.717) is 15.8 Å². The summed E-state index contributed by atoms with van der Waals surface area (Å²) < 4.78 is 12.0. The van der Waals surface area contributed by atoms with Crippen LogP contribution in [-0.2, 0) is 6.42 Å². The molecule has 0 aliphatic carbocycles. The monoisotopic (exact) mass is 426 g/mol. The lowest BCUT2D eigenvalue weighted by molar-refractivity contribution is 0.0804. The van der Waals surface area contributed by atoms with Crippen molar-refractivity contribution in [2.45, 2.75) is 25.0 Å². The molecule has 2 heterocycles. The number of hydrogen-bond donors (Lipinski definition) is 3. The highest BCUT2D eigenvalue weighted by Crippen LogP contribution is 2.37. The van der Waals surface area contributed by atoms with Crippen molar-refractivity contribution in [3.8, 4) is 16.7 Å². The van der Waals surface area contributed by atoms with Gasteiger partial charge in [0, 0.05) is 6.54 Å². The van der Waals surface area contributed by atoms with Crippen LogP contribution in [0.15, 0.2) is 54.7 Å². The average molecular weight is 426 g/mol. The summed E-state index contributed by atoms with van der Waals surface area (Å²) in [5.74, 6) is 1.11. The Morgan fingerprint density at radius 1 is 1.30 bits per heavy atom. The number of benzene rings is 2. The summed E-state index contributed by atoms with van der Waals surface area (Å²) in [5, 5.41) is 21.0. The molecule has 156 valence electrons. The topological polar surface area (TPSA) is 101 Å². The lowest BCUT2D eigenvalue weighted by atomic mass is 9.97. The molecule has 1 aliphatic heterocycles. The van der Waals surface area contributed by atoms with E-state index in [2.05, 4.69) is 22.4 Å². The smallest absolute Gasteiger partial charge is 0.279 e. The van der Waals surface area contributed by atoms with Crippen LogP contribution < -0.4 is 14.8 Å². The number of carbonyl (C=O) groups excluding carboxylic acids is 1. The second kappa shape index (κ2) is 9.25. The fourth-order valence-electron chi connectivity index (χ4n) is 3.20. The Labute approximate surface area is 177 Å². The number of nitrogens with zero attached hydrogens (tertiary/aromatic N) is 1. The Morgan fingerprint density at radius 2 is 2.13 bits per heavy atom. The van der Waals surface area contributed by atoms with Gasteiger partial charge in [-0.3, -0.25) is 4.79 Å². The molecule has 8 heteroatoms. The summed E-state index contributed by atoms with van der Waals surface area (Å²) in [4.78, 5) is 16.6. The van der Waals surface area contributed by atoms with Crippen molar-refractivity contribution in [3.63, 3.8) is 0 Å². The molecule has 3 N–H and O–H groups in total. The fourth-order valence-corrected chi connectivity index (χ4v) is 3.91. The summed E-state index contributed by atoms with van der Waals surface area (Å²) in [7, 11) is 0. The molecule has 0 spiro atoms. The van der Waals surface area contributed by atoms with Crippen LogP contribution in [0, 0.1) is 0 Å². The number of aryl methyl sites for hydroxylation is 1. The molecule has 2 aromatic carbocycles. The second-order valence-corrected chi connectivity index (χ2v) is 7.96. The number of hydrogen-bond acceptors (Lipinski definition) is 7. The van der Waals surface area contributed by atoms with Gasteiger partial charge >= 0.3 is 0 Å². The molecule has 1 amide bonds. The van der Waals surface area contributed by atoms with Crippen molar-refractivity contribution in [3.05, 3.63) is 70.7 Å². The summed E-state index contributed by atoms with van der Waals surface area (Å²) in [6.45, 7) is -0.441. The number of nitrogens with one attached hydrogen (secondary N) is 1. The zero-order valence-electron chi connectivity index (χ0n) is 16.2. The van der Waals surface area contributed by atoms with E-state index >= 15 is 0 Å². The third-order valence-corrected chi connectivity index (χ3v) is 5.64. The molecule has 7 nitrogen and oxygen atoms in total. The third-order valence-electron chi connectivity index (χ3n) is 4.77. The molecular weight excluding hydrogens is 404 g/mol. The van der Waals surface area contributed by atoms with Crippen LogP contribution in [0.4, 0.5) is 0 Å². The van der Waals surface area contributed by atoms with E-state index in [-0.39, 0.29) is 18.6 Å². The standard InChI is InChI=1S/C22H22N2O5S/c25-13-16(26)11-23-21(27)20-12-24-22(30-20)28-17-7-9-19-15(10-17)6-8-18(29-19)14-4-2-1-3-5-14/h1-5,7,9-10,12,16,18,25-26H,6,8,11,13H2,(H,23,27). The highest BCUT2D eigenvalue weighted by atomic mass is 32.1. The lowest BCUT2D eigenvalue weighted by Crippen LogP contribution is -2.33. The fraction of sp³-hybridized carbons (Fsp3) is 0.273. The zero-order valence-corrected chi connectivity index (χ0v) is 17.0. The first-order valence-electron chi connectivity index (χ1n) is 9.67. The number of carbonyl (C=O) groups is 1. The van der Waals surface area contributed by atoms with Crippen molar-refractivity contribution in [1.29, 1.82) is 0 Å². The number of aliphatic hydroxyl groups excluding tert-OH is 2. The lowest BCUT2D eigenvalue weighted by Gasteiger charge is -2.26. The van der Waals surface area contributed by atoms with Gasteiger partial charge in [-0.25, -0.2) is 4.98 Å². The van der Waals surface area contributed by atoms with E-state index in [4.69, 9.17) is 14.6 Å². The molecule has 0 bridgehead atoms. The largest absolute Gasteiger partial charge is 0.485 e. The predicted octanol–water partition coefficient (Wildman–Crippen LogP) is 3.08. The van der Waals surface area contributed by atoms with Crippen LogP contribution in [0.5, 0.6) is 16.7 Å². The normalized spacial score (nSPS) is 16.3. The van der Waals surface area contributed by atoms with Crippen LogP contribution in [0.25, 0.3) is 0 Å². The van der Waals surface area contributed by atoms with Gasteiger partial charge in [0.25, 0.3) is 11.1 Å². The van der Waals surface area contributed by atoms with Crippen molar-refractivity contribution in [1.82, 2.24) is 10.3 Å². The maximum atomic E-state index is 12.1. The molecule has 0 saturated heterocycles. The average Bonchev–Trinajstić information content (AvgIpc) is 3.26. The van der Waals surface area contributed by atoms with Gasteiger partial charge in [0.1, 0.15) is 22.5 Å². The van der Waals surface area contributed by atoms with Crippen LogP contribution in [-0.4, -0.2) is 40.4 Å².